The Hall–Kier alpha value is -1.85. The minimum atomic E-state index is -4.73. The van der Waals surface area contributed by atoms with Gasteiger partial charge < -0.3 is 5.73 Å². The molecule has 0 aliphatic heterocycles. The van der Waals surface area contributed by atoms with Gasteiger partial charge in [0, 0.05) is 6.08 Å². The molecule has 0 saturated carbocycles. The number of nitrogens with two attached hydrogens (primary N) is 1. The molecule has 0 bridgehead atoms. The Morgan fingerprint density at radius 3 is 2.38 bits per heavy atom. The SMILES string of the molecule is NC(=O)C=Cc1ccc(C(F)(F)F)c(F)c1. The van der Waals surface area contributed by atoms with Crippen molar-refractivity contribution in [2.24, 2.45) is 5.73 Å². The summed E-state index contributed by atoms with van der Waals surface area (Å²) in [4.78, 5) is 10.3. The largest absolute Gasteiger partial charge is 0.419 e. The molecular weight excluding hydrogens is 226 g/mol. The van der Waals surface area contributed by atoms with E-state index in [1.807, 2.05) is 0 Å². The van der Waals surface area contributed by atoms with E-state index < -0.39 is 23.5 Å². The number of alkyl halides is 3. The van der Waals surface area contributed by atoms with Crippen molar-refractivity contribution >= 4 is 12.0 Å². The normalized spacial score (nSPS) is 12.0. The molecule has 0 atom stereocenters. The van der Waals surface area contributed by atoms with Crippen molar-refractivity contribution in [3.63, 3.8) is 0 Å². The zero-order valence-corrected chi connectivity index (χ0v) is 7.88. The highest BCUT2D eigenvalue weighted by molar-refractivity contribution is 5.90. The molecule has 1 amide bonds. The van der Waals surface area contributed by atoms with Gasteiger partial charge in [-0.05, 0) is 23.8 Å². The van der Waals surface area contributed by atoms with Crippen LogP contribution in [0, 0.1) is 5.82 Å². The molecule has 2 N–H and O–H groups in total. The van der Waals surface area contributed by atoms with Gasteiger partial charge in [-0.1, -0.05) is 6.07 Å². The number of rotatable bonds is 2. The zero-order chi connectivity index (χ0) is 12.3. The van der Waals surface area contributed by atoms with Crippen molar-refractivity contribution in [1.82, 2.24) is 0 Å². The highest BCUT2D eigenvalue weighted by atomic mass is 19.4. The number of primary amides is 1. The van der Waals surface area contributed by atoms with Gasteiger partial charge >= 0.3 is 6.18 Å². The topological polar surface area (TPSA) is 43.1 Å². The summed E-state index contributed by atoms with van der Waals surface area (Å²) in [5.74, 6) is -2.15. The summed E-state index contributed by atoms with van der Waals surface area (Å²) in [5.41, 5.74) is 3.56. The Kier molecular flexibility index (Phi) is 3.31. The molecule has 0 spiro atoms. The van der Waals surface area contributed by atoms with Crippen LogP contribution < -0.4 is 5.73 Å². The summed E-state index contributed by atoms with van der Waals surface area (Å²) in [7, 11) is 0. The Morgan fingerprint density at radius 1 is 1.31 bits per heavy atom. The number of hydrogen-bond acceptors (Lipinski definition) is 1. The summed E-state index contributed by atoms with van der Waals surface area (Å²) in [6.45, 7) is 0. The molecule has 1 aromatic rings. The second-order valence-electron chi connectivity index (χ2n) is 2.97. The minimum absolute atomic E-state index is 0.129. The third-order valence-electron chi connectivity index (χ3n) is 1.74. The molecule has 6 heteroatoms. The Balaban J connectivity index is 3.05. The quantitative estimate of drug-likeness (QED) is 0.618. The van der Waals surface area contributed by atoms with Gasteiger partial charge in [-0.15, -0.1) is 0 Å². The van der Waals surface area contributed by atoms with E-state index in [2.05, 4.69) is 0 Å². The Labute approximate surface area is 88.4 Å². The average Bonchev–Trinajstić information content (AvgIpc) is 2.12. The fraction of sp³-hybridized carbons (Fsp3) is 0.100. The molecule has 86 valence electrons. The molecular formula is C10H7F4NO. The standard InChI is InChI=1S/C10H7F4NO/c11-8-5-6(2-4-9(15)16)1-3-7(8)10(12,13)14/h1-5H,(H2,15,16). The van der Waals surface area contributed by atoms with Crippen LogP contribution in [0.4, 0.5) is 17.6 Å². The van der Waals surface area contributed by atoms with Crippen molar-refractivity contribution in [3.8, 4) is 0 Å². The molecule has 16 heavy (non-hydrogen) atoms. The van der Waals surface area contributed by atoms with E-state index >= 15 is 0 Å². The number of carbonyl (C=O) groups excluding carboxylic acids is 1. The third kappa shape index (κ3) is 3.08. The van der Waals surface area contributed by atoms with Crippen LogP contribution in [0.25, 0.3) is 6.08 Å². The molecule has 0 unspecified atom stereocenters. The van der Waals surface area contributed by atoms with Gasteiger partial charge in [-0.25, -0.2) is 4.39 Å². The lowest BCUT2D eigenvalue weighted by Crippen LogP contribution is -2.08. The second-order valence-corrected chi connectivity index (χ2v) is 2.97. The predicted molar refractivity (Wildman–Crippen MR) is 49.6 cm³/mol. The predicted octanol–water partition coefficient (Wildman–Crippen LogP) is 2.34. The first-order valence-corrected chi connectivity index (χ1v) is 4.15. The van der Waals surface area contributed by atoms with Crippen LogP contribution in [-0.4, -0.2) is 5.91 Å². The monoisotopic (exact) mass is 233 g/mol. The molecule has 1 rings (SSSR count). The molecule has 0 heterocycles. The smallest absolute Gasteiger partial charge is 0.366 e. The fourth-order valence-corrected chi connectivity index (χ4v) is 1.04. The van der Waals surface area contributed by atoms with E-state index in [4.69, 9.17) is 5.73 Å². The highest BCUT2D eigenvalue weighted by Gasteiger charge is 2.33. The summed E-state index contributed by atoms with van der Waals surface area (Å²) in [6.07, 6.45) is -2.66. The van der Waals surface area contributed by atoms with Crippen molar-refractivity contribution in [2.45, 2.75) is 6.18 Å². The molecule has 0 radical (unpaired) electrons. The lowest BCUT2D eigenvalue weighted by atomic mass is 10.1. The lowest BCUT2D eigenvalue weighted by molar-refractivity contribution is -0.140. The van der Waals surface area contributed by atoms with Gasteiger partial charge in [-0.2, -0.15) is 13.2 Å². The number of hydrogen-bond donors (Lipinski definition) is 1. The molecule has 2 nitrogen and oxygen atoms in total. The van der Waals surface area contributed by atoms with Crippen molar-refractivity contribution < 1.29 is 22.4 Å². The van der Waals surface area contributed by atoms with Crippen molar-refractivity contribution in [3.05, 3.63) is 41.2 Å². The second kappa shape index (κ2) is 4.34. The van der Waals surface area contributed by atoms with Gasteiger partial charge in [0.25, 0.3) is 0 Å². The van der Waals surface area contributed by atoms with Crippen LogP contribution in [0.15, 0.2) is 24.3 Å². The summed E-state index contributed by atoms with van der Waals surface area (Å²) >= 11 is 0. The maximum Gasteiger partial charge on any atom is 0.419 e. The van der Waals surface area contributed by atoms with E-state index in [-0.39, 0.29) is 5.56 Å². The van der Waals surface area contributed by atoms with Crippen LogP contribution >= 0.6 is 0 Å². The van der Waals surface area contributed by atoms with Gasteiger partial charge in [0.2, 0.25) is 5.91 Å². The maximum absolute atomic E-state index is 13.0. The summed E-state index contributed by atoms with van der Waals surface area (Å²) in [5, 5.41) is 0. The van der Waals surface area contributed by atoms with E-state index in [9.17, 15) is 22.4 Å². The van der Waals surface area contributed by atoms with Gasteiger partial charge in [0.15, 0.2) is 0 Å². The maximum atomic E-state index is 13.0. The first kappa shape index (κ1) is 12.2. The van der Waals surface area contributed by atoms with Crippen LogP contribution in [0.5, 0.6) is 0 Å². The molecule has 1 aromatic carbocycles. The molecule has 0 aliphatic carbocycles. The number of benzene rings is 1. The third-order valence-corrected chi connectivity index (χ3v) is 1.74. The van der Waals surface area contributed by atoms with Crippen molar-refractivity contribution in [2.75, 3.05) is 0 Å². The summed E-state index contributed by atoms with van der Waals surface area (Å²) in [6, 6.07) is 2.34. The van der Waals surface area contributed by atoms with Gasteiger partial charge in [0.1, 0.15) is 5.82 Å². The van der Waals surface area contributed by atoms with E-state index in [1.54, 1.807) is 0 Å². The molecule has 0 aliphatic rings. The van der Waals surface area contributed by atoms with Crippen LogP contribution in [0.1, 0.15) is 11.1 Å². The van der Waals surface area contributed by atoms with Crippen LogP contribution in [-0.2, 0) is 11.0 Å². The number of halogens is 4. The Bertz CT molecular complexity index is 437. The van der Waals surface area contributed by atoms with E-state index in [1.165, 1.54) is 0 Å². The number of carbonyl (C=O) groups is 1. The van der Waals surface area contributed by atoms with Gasteiger partial charge in [-0.3, -0.25) is 4.79 Å². The molecule has 0 aromatic heterocycles. The summed E-state index contributed by atoms with van der Waals surface area (Å²) < 4.78 is 49.5. The Morgan fingerprint density at radius 2 is 1.94 bits per heavy atom. The van der Waals surface area contributed by atoms with Crippen LogP contribution in [0.2, 0.25) is 0 Å². The van der Waals surface area contributed by atoms with Crippen LogP contribution in [0.3, 0.4) is 0 Å². The first-order chi connectivity index (χ1) is 7.30. The zero-order valence-electron chi connectivity index (χ0n) is 7.88. The molecule has 0 saturated heterocycles. The fourth-order valence-electron chi connectivity index (χ4n) is 1.04. The number of amides is 1. The average molecular weight is 233 g/mol. The van der Waals surface area contributed by atoms with E-state index in [0.29, 0.717) is 12.1 Å². The lowest BCUT2D eigenvalue weighted by Gasteiger charge is -2.07. The highest BCUT2D eigenvalue weighted by Crippen LogP contribution is 2.31. The first-order valence-electron chi connectivity index (χ1n) is 4.15. The minimum Gasteiger partial charge on any atom is -0.366 e. The van der Waals surface area contributed by atoms with Crippen molar-refractivity contribution in [1.29, 1.82) is 0 Å². The molecule has 0 fully saturated rings. The van der Waals surface area contributed by atoms with E-state index in [0.717, 1.165) is 18.2 Å². The van der Waals surface area contributed by atoms with Gasteiger partial charge in [0.05, 0.1) is 5.56 Å².